The number of amides is 1. The maximum Gasteiger partial charge on any atom is 0.251 e. The van der Waals surface area contributed by atoms with Crippen LogP contribution in [0, 0.1) is 10.7 Å². The molecule has 4 rings (SSSR count). The van der Waals surface area contributed by atoms with Crippen molar-refractivity contribution in [3.8, 4) is 0 Å². The average Bonchev–Trinajstić information content (AvgIpc) is 3.14. The number of benzene rings is 2. The fourth-order valence-electron chi connectivity index (χ4n) is 3.85. The number of aromatic nitrogens is 3. The topological polar surface area (TPSA) is 62.2 Å². The Balaban J connectivity index is 1.66. The number of carbonyl (C=O) groups excluding carboxylic acids is 1. The van der Waals surface area contributed by atoms with Crippen LogP contribution >= 0.6 is 12.2 Å². The van der Waals surface area contributed by atoms with Gasteiger partial charge < -0.3 is 10.3 Å². The van der Waals surface area contributed by atoms with Gasteiger partial charge in [-0.1, -0.05) is 45.2 Å². The van der Waals surface area contributed by atoms with Crippen LogP contribution in [0.15, 0.2) is 42.5 Å². The number of imidazole rings is 1. The Labute approximate surface area is 175 Å². The van der Waals surface area contributed by atoms with Gasteiger partial charge in [0.15, 0.2) is 4.77 Å². The van der Waals surface area contributed by atoms with Crippen molar-refractivity contribution in [3.63, 3.8) is 0 Å². The molecule has 0 spiro atoms. The second-order valence-corrected chi connectivity index (χ2v) is 7.96. The third-order valence-corrected chi connectivity index (χ3v) is 5.91. The van der Waals surface area contributed by atoms with Crippen molar-refractivity contribution in [1.29, 1.82) is 0 Å². The summed E-state index contributed by atoms with van der Waals surface area (Å²) in [6.07, 6.45) is 4.63. The van der Waals surface area contributed by atoms with Crippen molar-refractivity contribution in [2.45, 2.75) is 39.5 Å². The van der Waals surface area contributed by atoms with Gasteiger partial charge in [0.25, 0.3) is 5.91 Å². The summed E-state index contributed by atoms with van der Waals surface area (Å²) in [5.74, 6) is 0.483. The monoisotopic (exact) mass is 406 g/mol. The van der Waals surface area contributed by atoms with Crippen molar-refractivity contribution in [2.24, 2.45) is 5.92 Å². The molecule has 2 N–H and O–H groups in total. The number of hydrogen-bond acceptors (Lipinski definition) is 3. The number of aromatic amines is 1. The van der Waals surface area contributed by atoms with Crippen LogP contribution in [0.1, 0.15) is 49.9 Å². The number of hydrogen-bond donors (Lipinski definition) is 2. The molecule has 0 aliphatic rings. The molecule has 0 saturated heterocycles. The summed E-state index contributed by atoms with van der Waals surface area (Å²) in [5.41, 5.74) is 4.14. The maximum atomic E-state index is 12.7. The third kappa shape index (κ3) is 3.77. The Bertz CT molecular complexity index is 1240. The van der Waals surface area contributed by atoms with Crippen LogP contribution in [-0.4, -0.2) is 26.8 Å². The first-order chi connectivity index (χ1) is 14.1. The van der Waals surface area contributed by atoms with E-state index in [-0.39, 0.29) is 5.91 Å². The lowest BCUT2D eigenvalue weighted by atomic mass is 9.99. The Kier molecular flexibility index (Phi) is 5.62. The zero-order valence-corrected chi connectivity index (χ0v) is 17.7. The van der Waals surface area contributed by atoms with E-state index in [4.69, 9.17) is 17.2 Å². The molecule has 2 aromatic carbocycles. The summed E-state index contributed by atoms with van der Waals surface area (Å²) in [6.45, 7) is 5.10. The summed E-state index contributed by atoms with van der Waals surface area (Å²) >= 11 is 5.58. The Morgan fingerprint density at radius 3 is 2.86 bits per heavy atom. The van der Waals surface area contributed by atoms with E-state index in [9.17, 15) is 4.79 Å². The van der Waals surface area contributed by atoms with Crippen LogP contribution in [-0.2, 0) is 0 Å². The molecular formula is C23H26N4OS. The average molecular weight is 407 g/mol. The smallest absolute Gasteiger partial charge is 0.251 e. The van der Waals surface area contributed by atoms with Gasteiger partial charge in [-0.15, -0.1) is 0 Å². The molecule has 0 bridgehead atoms. The lowest BCUT2D eigenvalue weighted by Gasteiger charge is -2.15. The molecule has 0 aliphatic carbocycles. The van der Waals surface area contributed by atoms with Crippen LogP contribution in [0.4, 0.5) is 0 Å². The lowest BCUT2D eigenvalue weighted by Crippen LogP contribution is -2.29. The molecule has 0 radical (unpaired) electrons. The summed E-state index contributed by atoms with van der Waals surface area (Å²) in [5, 5.41) is 4.04. The lowest BCUT2D eigenvalue weighted by molar-refractivity contribution is 0.0946. The van der Waals surface area contributed by atoms with E-state index in [1.54, 1.807) is 0 Å². The van der Waals surface area contributed by atoms with E-state index >= 15 is 0 Å². The predicted octanol–water partition coefficient (Wildman–Crippen LogP) is 5.64. The minimum atomic E-state index is -0.0467. The zero-order valence-electron chi connectivity index (χ0n) is 16.9. The van der Waals surface area contributed by atoms with E-state index in [2.05, 4.69) is 24.1 Å². The molecule has 2 aromatic heterocycles. The molecule has 6 heteroatoms. The third-order valence-electron chi connectivity index (χ3n) is 5.62. The number of para-hydroxylation sites is 2. The van der Waals surface area contributed by atoms with E-state index < -0.39 is 0 Å². The first-order valence-corrected chi connectivity index (χ1v) is 10.7. The highest BCUT2D eigenvalue weighted by molar-refractivity contribution is 7.71. The second-order valence-electron chi connectivity index (χ2n) is 7.58. The van der Waals surface area contributed by atoms with Gasteiger partial charge in [-0.25, -0.2) is 4.98 Å². The number of rotatable bonds is 7. The van der Waals surface area contributed by atoms with Crippen molar-refractivity contribution in [2.75, 3.05) is 6.54 Å². The second kappa shape index (κ2) is 8.33. The van der Waals surface area contributed by atoms with E-state index in [1.165, 1.54) is 12.8 Å². The van der Waals surface area contributed by atoms with Crippen LogP contribution < -0.4 is 5.32 Å². The number of H-pyrrole nitrogens is 1. The number of unbranched alkanes of at least 4 members (excludes halogenated alkanes) is 1. The summed E-state index contributed by atoms with van der Waals surface area (Å²) in [4.78, 5) is 20.7. The van der Waals surface area contributed by atoms with E-state index in [0.717, 1.165) is 40.4 Å². The molecule has 1 amide bonds. The summed E-state index contributed by atoms with van der Waals surface area (Å²) < 4.78 is 2.52. The van der Waals surface area contributed by atoms with Gasteiger partial charge in [0, 0.05) is 17.5 Å². The molecule has 4 aromatic rings. The van der Waals surface area contributed by atoms with Gasteiger partial charge in [-0.3, -0.25) is 9.20 Å². The van der Waals surface area contributed by atoms with Crippen molar-refractivity contribution in [3.05, 3.63) is 52.8 Å². The first-order valence-electron chi connectivity index (χ1n) is 10.3. The molecule has 0 fully saturated rings. The molecule has 0 unspecified atom stereocenters. The highest BCUT2D eigenvalue weighted by Crippen LogP contribution is 2.24. The molecule has 1 atom stereocenters. The van der Waals surface area contributed by atoms with E-state index in [1.807, 2.05) is 46.9 Å². The number of fused-ring (bicyclic) bond motifs is 5. The Morgan fingerprint density at radius 2 is 2.07 bits per heavy atom. The highest BCUT2D eigenvalue weighted by Gasteiger charge is 2.13. The molecule has 5 nitrogen and oxygen atoms in total. The zero-order chi connectivity index (χ0) is 20.4. The number of nitrogens with zero attached hydrogens (tertiary/aromatic N) is 2. The van der Waals surface area contributed by atoms with E-state index in [0.29, 0.717) is 22.8 Å². The molecule has 2 heterocycles. The fourth-order valence-corrected chi connectivity index (χ4v) is 4.14. The predicted molar refractivity (Wildman–Crippen MR) is 121 cm³/mol. The summed E-state index contributed by atoms with van der Waals surface area (Å²) in [7, 11) is 0. The SMILES string of the molecule is CCCC[C@@H](CC)CNC(=O)c1ccc2c(c1)[nH]c(=S)n1c3ccccc3nc21. The van der Waals surface area contributed by atoms with Gasteiger partial charge >= 0.3 is 0 Å². The Hall–Kier alpha value is -2.73. The Morgan fingerprint density at radius 1 is 1.24 bits per heavy atom. The summed E-state index contributed by atoms with van der Waals surface area (Å²) in [6, 6.07) is 13.6. The molecule has 0 saturated carbocycles. The van der Waals surface area contributed by atoms with Gasteiger partial charge in [0.2, 0.25) is 0 Å². The maximum absolute atomic E-state index is 12.7. The van der Waals surface area contributed by atoms with Gasteiger partial charge in [-0.2, -0.15) is 0 Å². The van der Waals surface area contributed by atoms with Gasteiger partial charge in [0.1, 0.15) is 5.65 Å². The number of nitrogens with one attached hydrogen (secondary N) is 2. The van der Waals surface area contributed by atoms with Crippen molar-refractivity contribution in [1.82, 2.24) is 19.7 Å². The van der Waals surface area contributed by atoms with Gasteiger partial charge in [-0.05, 0) is 54.9 Å². The quantitative estimate of drug-likeness (QED) is 0.390. The minimum absolute atomic E-state index is 0.0467. The van der Waals surface area contributed by atoms with Crippen LogP contribution in [0.25, 0.3) is 27.6 Å². The largest absolute Gasteiger partial charge is 0.352 e. The van der Waals surface area contributed by atoms with Crippen LogP contribution in [0.2, 0.25) is 0 Å². The normalized spacial score (nSPS) is 12.6. The standard InChI is InChI=1S/C23H26N4OS/c1-3-5-8-15(4-2)14-24-22(28)16-11-12-17-19(13-16)26-23(29)27-20-10-7-6-9-18(20)25-21(17)27/h6-7,9-13,15H,3-5,8,14H2,1-2H3,(H,24,28)(H,26,29)/t15-/m1/s1. The number of carbonyl (C=O) groups is 1. The molecular weight excluding hydrogens is 380 g/mol. The first kappa shape index (κ1) is 19.6. The minimum Gasteiger partial charge on any atom is -0.352 e. The fraction of sp³-hybridized carbons (Fsp3) is 0.348. The van der Waals surface area contributed by atoms with Gasteiger partial charge in [0.05, 0.1) is 16.6 Å². The molecule has 0 aliphatic heterocycles. The highest BCUT2D eigenvalue weighted by atomic mass is 32.1. The van der Waals surface area contributed by atoms with Crippen molar-refractivity contribution >= 4 is 45.7 Å². The van der Waals surface area contributed by atoms with Crippen LogP contribution in [0.5, 0.6) is 0 Å². The van der Waals surface area contributed by atoms with Crippen LogP contribution in [0.3, 0.4) is 0 Å². The molecule has 150 valence electrons. The van der Waals surface area contributed by atoms with Crippen molar-refractivity contribution < 1.29 is 4.79 Å². The molecule has 29 heavy (non-hydrogen) atoms.